The average Bonchev–Trinajstić information content (AvgIpc) is 2.03. The highest BCUT2D eigenvalue weighted by Crippen LogP contribution is 2.14. The molecule has 13 heavy (non-hydrogen) atoms. The van der Waals surface area contributed by atoms with Crippen LogP contribution in [-0.2, 0) is 4.79 Å². The zero-order valence-corrected chi connectivity index (χ0v) is 9.13. The molecule has 1 aromatic heterocycles. The van der Waals surface area contributed by atoms with Crippen LogP contribution in [0.4, 0.5) is 0 Å². The third-order valence-electron chi connectivity index (χ3n) is 1.61. The Balaban J connectivity index is 2.76. The zero-order valence-electron chi connectivity index (χ0n) is 7.54. The lowest BCUT2D eigenvalue weighted by atomic mass is 10.2. The van der Waals surface area contributed by atoms with E-state index in [1.807, 2.05) is 19.1 Å². The topological polar surface area (TPSA) is 42.0 Å². The van der Waals surface area contributed by atoms with E-state index in [0.717, 1.165) is 10.2 Å². The summed E-state index contributed by atoms with van der Waals surface area (Å²) in [5.41, 5.74) is 0.851. The first kappa shape index (κ1) is 10.2. The fourth-order valence-corrected chi connectivity index (χ4v) is 1.39. The molecule has 0 aliphatic carbocycles. The zero-order chi connectivity index (χ0) is 9.84. The number of amides is 1. The number of hydrogen-bond acceptors (Lipinski definition) is 2. The molecular formula is C9H11BrN2O. The van der Waals surface area contributed by atoms with Gasteiger partial charge in [-0.2, -0.15) is 0 Å². The molecule has 1 unspecified atom stereocenters. The lowest BCUT2D eigenvalue weighted by Gasteiger charge is -2.11. The van der Waals surface area contributed by atoms with Crippen LogP contribution >= 0.6 is 15.9 Å². The number of halogens is 1. The number of aromatic nitrogens is 1. The number of hydrogen-bond donors (Lipinski definition) is 1. The molecule has 1 atom stereocenters. The Kier molecular flexibility index (Phi) is 3.42. The molecule has 70 valence electrons. The smallest absolute Gasteiger partial charge is 0.217 e. The van der Waals surface area contributed by atoms with Crippen LogP contribution in [0.2, 0.25) is 0 Å². The second kappa shape index (κ2) is 4.37. The standard InChI is InChI=1S/C9H11BrN2O/c1-6(12-7(2)13)9-5-8(10)3-4-11-9/h3-6H,1-2H3,(H,12,13). The highest BCUT2D eigenvalue weighted by Gasteiger charge is 2.07. The van der Waals surface area contributed by atoms with Gasteiger partial charge in [-0.05, 0) is 19.1 Å². The summed E-state index contributed by atoms with van der Waals surface area (Å²) in [7, 11) is 0. The Labute approximate surface area is 85.7 Å². The maximum absolute atomic E-state index is 10.8. The molecule has 1 amide bonds. The highest BCUT2D eigenvalue weighted by molar-refractivity contribution is 9.10. The predicted octanol–water partition coefficient (Wildman–Crippen LogP) is 2.04. The molecule has 0 fully saturated rings. The van der Waals surface area contributed by atoms with E-state index in [-0.39, 0.29) is 11.9 Å². The molecule has 0 aliphatic rings. The van der Waals surface area contributed by atoms with Gasteiger partial charge in [0.25, 0.3) is 0 Å². The van der Waals surface area contributed by atoms with Crippen LogP contribution < -0.4 is 5.32 Å². The van der Waals surface area contributed by atoms with Crippen LogP contribution in [-0.4, -0.2) is 10.9 Å². The van der Waals surface area contributed by atoms with Gasteiger partial charge in [-0.1, -0.05) is 15.9 Å². The fraction of sp³-hybridized carbons (Fsp3) is 0.333. The third kappa shape index (κ3) is 3.14. The van der Waals surface area contributed by atoms with E-state index in [0.29, 0.717) is 0 Å². The van der Waals surface area contributed by atoms with Crippen molar-refractivity contribution in [3.05, 3.63) is 28.5 Å². The molecule has 1 rings (SSSR count). The van der Waals surface area contributed by atoms with Crippen LogP contribution in [0.1, 0.15) is 25.6 Å². The number of nitrogens with zero attached hydrogens (tertiary/aromatic N) is 1. The maximum atomic E-state index is 10.8. The van der Waals surface area contributed by atoms with E-state index < -0.39 is 0 Å². The Bertz CT molecular complexity index is 314. The SMILES string of the molecule is CC(=O)NC(C)c1cc(Br)ccn1. The van der Waals surface area contributed by atoms with E-state index in [2.05, 4.69) is 26.2 Å². The monoisotopic (exact) mass is 242 g/mol. The number of nitrogens with one attached hydrogen (secondary N) is 1. The summed E-state index contributed by atoms with van der Waals surface area (Å²) in [5.74, 6) is -0.0470. The van der Waals surface area contributed by atoms with Crippen LogP contribution in [0.25, 0.3) is 0 Å². The molecule has 0 aliphatic heterocycles. The molecule has 4 heteroatoms. The highest BCUT2D eigenvalue weighted by atomic mass is 79.9. The van der Waals surface area contributed by atoms with E-state index in [1.54, 1.807) is 6.20 Å². The first-order chi connectivity index (χ1) is 6.09. The van der Waals surface area contributed by atoms with Gasteiger partial charge in [0.1, 0.15) is 0 Å². The molecule has 0 radical (unpaired) electrons. The predicted molar refractivity (Wildman–Crippen MR) is 54.2 cm³/mol. The quantitative estimate of drug-likeness (QED) is 0.863. The molecule has 0 aromatic carbocycles. The molecule has 0 bridgehead atoms. The van der Waals surface area contributed by atoms with Crippen LogP contribution in [0.15, 0.2) is 22.8 Å². The van der Waals surface area contributed by atoms with E-state index >= 15 is 0 Å². The second-order valence-electron chi connectivity index (χ2n) is 2.82. The van der Waals surface area contributed by atoms with E-state index in [9.17, 15) is 4.79 Å². The number of carbonyl (C=O) groups is 1. The molecule has 0 saturated heterocycles. The fourth-order valence-electron chi connectivity index (χ4n) is 1.04. The third-order valence-corrected chi connectivity index (χ3v) is 2.10. The Morgan fingerprint density at radius 1 is 1.69 bits per heavy atom. The average molecular weight is 243 g/mol. The van der Waals surface area contributed by atoms with Gasteiger partial charge in [0.15, 0.2) is 0 Å². The molecule has 1 N–H and O–H groups in total. The van der Waals surface area contributed by atoms with Crippen molar-refractivity contribution in [2.24, 2.45) is 0 Å². The summed E-state index contributed by atoms with van der Waals surface area (Å²) in [6, 6.07) is 3.69. The molecular weight excluding hydrogens is 232 g/mol. The largest absolute Gasteiger partial charge is 0.348 e. The Morgan fingerprint density at radius 2 is 2.38 bits per heavy atom. The summed E-state index contributed by atoms with van der Waals surface area (Å²) in [6.07, 6.45) is 1.71. The number of rotatable bonds is 2. The van der Waals surface area contributed by atoms with Gasteiger partial charge in [0.2, 0.25) is 5.91 Å². The van der Waals surface area contributed by atoms with Crippen LogP contribution in [0.3, 0.4) is 0 Å². The second-order valence-corrected chi connectivity index (χ2v) is 3.74. The summed E-state index contributed by atoms with van der Waals surface area (Å²) in [4.78, 5) is 14.9. The van der Waals surface area contributed by atoms with E-state index in [4.69, 9.17) is 0 Å². The van der Waals surface area contributed by atoms with Crippen molar-refractivity contribution in [3.8, 4) is 0 Å². The molecule has 3 nitrogen and oxygen atoms in total. The van der Waals surface area contributed by atoms with Gasteiger partial charge in [-0.15, -0.1) is 0 Å². The molecule has 1 heterocycles. The molecule has 0 spiro atoms. The van der Waals surface area contributed by atoms with Crippen LogP contribution in [0, 0.1) is 0 Å². The first-order valence-electron chi connectivity index (χ1n) is 3.98. The maximum Gasteiger partial charge on any atom is 0.217 e. The number of pyridine rings is 1. The minimum atomic E-state index is -0.0470. The first-order valence-corrected chi connectivity index (χ1v) is 4.77. The Morgan fingerprint density at radius 3 is 2.92 bits per heavy atom. The molecule has 1 aromatic rings. The van der Waals surface area contributed by atoms with Crippen molar-refractivity contribution < 1.29 is 4.79 Å². The lowest BCUT2D eigenvalue weighted by Crippen LogP contribution is -2.24. The summed E-state index contributed by atoms with van der Waals surface area (Å²) < 4.78 is 0.967. The minimum Gasteiger partial charge on any atom is -0.348 e. The van der Waals surface area contributed by atoms with Crippen molar-refractivity contribution in [2.75, 3.05) is 0 Å². The van der Waals surface area contributed by atoms with Crippen molar-refractivity contribution in [2.45, 2.75) is 19.9 Å². The van der Waals surface area contributed by atoms with Gasteiger partial charge in [-0.25, -0.2) is 0 Å². The number of carbonyl (C=O) groups excluding carboxylic acids is 1. The summed E-state index contributed by atoms with van der Waals surface area (Å²) >= 11 is 3.34. The van der Waals surface area contributed by atoms with Gasteiger partial charge >= 0.3 is 0 Å². The van der Waals surface area contributed by atoms with Gasteiger partial charge in [0, 0.05) is 17.6 Å². The Hall–Kier alpha value is -0.900. The van der Waals surface area contributed by atoms with Crippen molar-refractivity contribution in [1.82, 2.24) is 10.3 Å². The van der Waals surface area contributed by atoms with Gasteiger partial charge < -0.3 is 5.32 Å². The van der Waals surface area contributed by atoms with Crippen molar-refractivity contribution in [1.29, 1.82) is 0 Å². The lowest BCUT2D eigenvalue weighted by molar-refractivity contribution is -0.119. The van der Waals surface area contributed by atoms with Gasteiger partial charge in [-0.3, -0.25) is 9.78 Å². The normalized spacial score (nSPS) is 12.2. The van der Waals surface area contributed by atoms with E-state index in [1.165, 1.54) is 6.92 Å². The summed E-state index contributed by atoms with van der Waals surface area (Å²) in [6.45, 7) is 3.39. The molecule has 0 saturated carbocycles. The van der Waals surface area contributed by atoms with Crippen molar-refractivity contribution in [3.63, 3.8) is 0 Å². The van der Waals surface area contributed by atoms with Crippen LogP contribution in [0.5, 0.6) is 0 Å². The summed E-state index contributed by atoms with van der Waals surface area (Å²) in [5, 5.41) is 2.76. The minimum absolute atomic E-state index is 0.0463. The van der Waals surface area contributed by atoms with Gasteiger partial charge in [0.05, 0.1) is 11.7 Å². The van der Waals surface area contributed by atoms with Crippen molar-refractivity contribution >= 4 is 21.8 Å².